The van der Waals surface area contributed by atoms with Crippen molar-refractivity contribution in [3.05, 3.63) is 0 Å². The monoisotopic (exact) mass is 265 g/mol. The van der Waals surface area contributed by atoms with E-state index in [-0.39, 0.29) is 24.9 Å². The molecule has 2 unspecified atom stereocenters. The van der Waals surface area contributed by atoms with Gasteiger partial charge in [0.1, 0.15) is 0 Å². The normalized spacial score (nSPS) is 25.0. The first-order valence-electron chi connectivity index (χ1n) is 5.74. The summed E-state index contributed by atoms with van der Waals surface area (Å²) in [7, 11) is -3.51. The maximum absolute atomic E-state index is 11.4. The van der Waals surface area contributed by atoms with Crippen molar-refractivity contribution in [2.75, 3.05) is 18.9 Å². The van der Waals surface area contributed by atoms with Crippen LogP contribution in [0.2, 0.25) is 0 Å². The van der Waals surface area contributed by atoms with Crippen LogP contribution in [-0.2, 0) is 14.8 Å². The minimum atomic E-state index is -3.51. The number of carboxylic acid groups (broad SMARTS) is 1. The second-order valence-electron chi connectivity index (χ2n) is 4.44. The lowest BCUT2D eigenvalue weighted by molar-refractivity contribution is -0.136. The van der Waals surface area contributed by atoms with Crippen LogP contribution in [0.1, 0.15) is 25.7 Å². The van der Waals surface area contributed by atoms with Crippen LogP contribution in [0.5, 0.6) is 0 Å². The van der Waals surface area contributed by atoms with Crippen molar-refractivity contribution in [3.8, 4) is 0 Å². The number of aliphatic hydroxyl groups excluding tert-OH is 1. The van der Waals surface area contributed by atoms with E-state index in [0.717, 1.165) is 19.3 Å². The van der Waals surface area contributed by atoms with Crippen LogP contribution in [-0.4, -0.2) is 43.5 Å². The molecule has 100 valence electrons. The molecule has 0 aromatic rings. The number of nitrogens with one attached hydrogen (secondary N) is 1. The minimum absolute atomic E-state index is 0.0848. The third-order valence-electron chi connectivity index (χ3n) is 3.20. The van der Waals surface area contributed by atoms with Gasteiger partial charge in [-0.1, -0.05) is 6.42 Å². The highest BCUT2D eigenvalue weighted by atomic mass is 32.2. The smallest absolute Gasteiger partial charge is 0.304 e. The van der Waals surface area contributed by atoms with E-state index in [4.69, 9.17) is 10.2 Å². The number of carboxylic acids is 1. The number of rotatable bonds is 7. The van der Waals surface area contributed by atoms with Crippen molar-refractivity contribution in [2.45, 2.75) is 25.7 Å². The summed E-state index contributed by atoms with van der Waals surface area (Å²) in [6, 6.07) is 0. The average Bonchev–Trinajstić information content (AvgIpc) is 2.71. The molecule has 0 amide bonds. The number of hydrogen-bond acceptors (Lipinski definition) is 4. The van der Waals surface area contributed by atoms with Gasteiger partial charge in [0.15, 0.2) is 0 Å². The lowest BCUT2D eigenvalue weighted by Crippen LogP contribution is -2.33. The number of hydrogen-bond donors (Lipinski definition) is 3. The van der Waals surface area contributed by atoms with E-state index < -0.39 is 21.7 Å². The summed E-state index contributed by atoms with van der Waals surface area (Å²) in [5.74, 6) is -1.18. The molecular weight excluding hydrogens is 246 g/mol. The maximum Gasteiger partial charge on any atom is 0.304 e. The molecule has 3 N–H and O–H groups in total. The van der Waals surface area contributed by atoms with Gasteiger partial charge in [0.25, 0.3) is 0 Å². The van der Waals surface area contributed by atoms with Crippen molar-refractivity contribution >= 4 is 16.0 Å². The third kappa shape index (κ3) is 5.01. The van der Waals surface area contributed by atoms with Crippen molar-refractivity contribution in [3.63, 3.8) is 0 Å². The first-order chi connectivity index (χ1) is 7.94. The van der Waals surface area contributed by atoms with Crippen molar-refractivity contribution in [1.29, 1.82) is 0 Å². The Balaban J connectivity index is 2.36. The van der Waals surface area contributed by atoms with Crippen LogP contribution in [0.25, 0.3) is 0 Å². The van der Waals surface area contributed by atoms with E-state index in [0.29, 0.717) is 6.54 Å². The molecule has 0 bridgehead atoms. The maximum atomic E-state index is 11.4. The fourth-order valence-electron chi connectivity index (χ4n) is 2.15. The molecule has 0 aliphatic heterocycles. The van der Waals surface area contributed by atoms with E-state index in [9.17, 15) is 13.2 Å². The molecule has 1 fully saturated rings. The standard InChI is InChI=1S/C10H19NO5S/c12-7-9-3-1-2-8(9)6-11-17(15,16)5-4-10(13)14/h8-9,11-12H,1-7H2,(H,13,14). The molecule has 0 aromatic heterocycles. The SMILES string of the molecule is O=C(O)CCS(=O)(=O)NCC1CCCC1CO. The van der Waals surface area contributed by atoms with E-state index in [2.05, 4.69) is 4.72 Å². The predicted octanol–water partition coefficient (Wildman–Crippen LogP) is -0.211. The van der Waals surface area contributed by atoms with Crippen molar-refractivity contribution in [1.82, 2.24) is 4.72 Å². The molecule has 0 radical (unpaired) electrons. The van der Waals surface area contributed by atoms with Crippen molar-refractivity contribution in [2.24, 2.45) is 11.8 Å². The van der Waals surface area contributed by atoms with Gasteiger partial charge in [-0.2, -0.15) is 0 Å². The fourth-order valence-corrected chi connectivity index (χ4v) is 3.21. The number of aliphatic hydroxyl groups is 1. The van der Waals surface area contributed by atoms with Crippen LogP contribution < -0.4 is 4.72 Å². The van der Waals surface area contributed by atoms with Gasteiger partial charge < -0.3 is 10.2 Å². The Morgan fingerprint density at radius 3 is 2.53 bits per heavy atom. The zero-order valence-corrected chi connectivity index (χ0v) is 10.4. The molecule has 1 rings (SSSR count). The Kier molecular flexibility index (Phi) is 5.35. The van der Waals surface area contributed by atoms with E-state index in [1.54, 1.807) is 0 Å². The van der Waals surface area contributed by atoms with Crippen LogP contribution in [0.4, 0.5) is 0 Å². The zero-order valence-electron chi connectivity index (χ0n) is 9.63. The second kappa shape index (κ2) is 6.32. The molecule has 0 saturated heterocycles. The highest BCUT2D eigenvalue weighted by molar-refractivity contribution is 7.89. The lowest BCUT2D eigenvalue weighted by Gasteiger charge is -2.17. The summed E-state index contributed by atoms with van der Waals surface area (Å²) in [5.41, 5.74) is 0. The minimum Gasteiger partial charge on any atom is -0.481 e. The summed E-state index contributed by atoms with van der Waals surface area (Å²) in [6.07, 6.45) is 2.46. The van der Waals surface area contributed by atoms with Crippen LogP contribution >= 0.6 is 0 Å². The van der Waals surface area contributed by atoms with Gasteiger partial charge in [0.2, 0.25) is 10.0 Å². The molecule has 17 heavy (non-hydrogen) atoms. The van der Waals surface area contributed by atoms with Crippen LogP contribution in [0.3, 0.4) is 0 Å². The predicted molar refractivity (Wildman–Crippen MR) is 62.0 cm³/mol. The quantitative estimate of drug-likeness (QED) is 0.591. The molecule has 0 spiro atoms. The van der Waals surface area contributed by atoms with E-state index in [1.165, 1.54) is 0 Å². The van der Waals surface area contributed by atoms with Gasteiger partial charge in [-0.15, -0.1) is 0 Å². The molecule has 6 nitrogen and oxygen atoms in total. The Hall–Kier alpha value is -0.660. The number of carbonyl (C=O) groups is 1. The summed E-state index contributed by atoms with van der Waals surface area (Å²) < 4.78 is 25.3. The lowest BCUT2D eigenvalue weighted by atomic mass is 9.97. The molecule has 1 aliphatic carbocycles. The molecule has 2 atom stereocenters. The number of sulfonamides is 1. The van der Waals surface area contributed by atoms with E-state index >= 15 is 0 Å². The van der Waals surface area contributed by atoms with Gasteiger partial charge in [-0.05, 0) is 24.7 Å². The molecule has 0 heterocycles. The molecule has 0 aromatic carbocycles. The van der Waals surface area contributed by atoms with Crippen LogP contribution in [0.15, 0.2) is 0 Å². The highest BCUT2D eigenvalue weighted by Gasteiger charge is 2.27. The molecular formula is C10H19NO5S. The first kappa shape index (κ1) is 14.4. The summed E-state index contributed by atoms with van der Waals surface area (Å²) in [4.78, 5) is 10.3. The van der Waals surface area contributed by atoms with Gasteiger partial charge in [0.05, 0.1) is 12.2 Å². The second-order valence-corrected chi connectivity index (χ2v) is 6.37. The van der Waals surface area contributed by atoms with Gasteiger partial charge in [0, 0.05) is 13.2 Å². The summed E-state index contributed by atoms with van der Waals surface area (Å²) in [6.45, 7) is 0.384. The summed E-state index contributed by atoms with van der Waals surface area (Å²) >= 11 is 0. The topological polar surface area (TPSA) is 104 Å². The molecule has 1 aliphatic rings. The number of aliphatic carboxylic acids is 1. The molecule has 1 saturated carbocycles. The van der Waals surface area contributed by atoms with Crippen LogP contribution in [0, 0.1) is 11.8 Å². The van der Waals surface area contributed by atoms with E-state index in [1.807, 2.05) is 0 Å². The van der Waals surface area contributed by atoms with Gasteiger partial charge >= 0.3 is 5.97 Å². The largest absolute Gasteiger partial charge is 0.481 e. The van der Waals surface area contributed by atoms with Gasteiger partial charge in [-0.3, -0.25) is 4.79 Å². The van der Waals surface area contributed by atoms with Gasteiger partial charge in [-0.25, -0.2) is 13.1 Å². The average molecular weight is 265 g/mol. The molecule has 7 heteroatoms. The Labute approximate surface area is 101 Å². The summed E-state index contributed by atoms with van der Waals surface area (Å²) in [5, 5.41) is 17.5. The fraction of sp³-hybridized carbons (Fsp3) is 0.900. The third-order valence-corrected chi connectivity index (χ3v) is 4.55. The zero-order chi connectivity index (χ0) is 12.9. The first-order valence-corrected chi connectivity index (χ1v) is 7.40. The Morgan fingerprint density at radius 2 is 1.94 bits per heavy atom. The highest BCUT2D eigenvalue weighted by Crippen LogP contribution is 2.30. The Morgan fingerprint density at radius 1 is 1.29 bits per heavy atom. The van der Waals surface area contributed by atoms with Crippen molar-refractivity contribution < 1.29 is 23.4 Å². The Bertz CT molecular complexity index is 354.